The lowest BCUT2D eigenvalue weighted by Gasteiger charge is -2.31. The highest BCUT2D eigenvalue weighted by Crippen LogP contribution is 2.18. The Bertz CT molecular complexity index is 854. The van der Waals surface area contributed by atoms with Gasteiger partial charge in [0.25, 0.3) is 5.91 Å². The number of aryl methyl sites for hydroxylation is 1. The highest BCUT2D eigenvalue weighted by molar-refractivity contribution is 6.30. The molecule has 0 unspecified atom stereocenters. The summed E-state index contributed by atoms with van der Waals surface area (Å²) < 4.78 is 5.66. The number of carbonyl (C=O) groups excluding carboxylic acids is 2. The normalized spacial score (nSPS) is 11.8. The van der Waals surface area contributed by atoms with Gasteiger partial charge in [-0.2, -0.15) is 0 Å². The molecule has 2 aromatic carbocycles. The van der Waals surface area contributed by atoms with Crippen molar-refractivity contribution in [1.29, 1.82) is 0 Å². The van der Waals surface area contributed by atoms with Gasteiger partial charge in [-0.1, -0.05) is 68.3 Å². The number of carbonyl (C=O) groups is 2. The molecule has 0 bridgehead atoms. The molecule has 0 radical (unpaired) electrons. The second kappa shape index (κ2) is 11.6. The first-order valence-electron chi connectivity index (χ1n) is 10.3. The lowest BCUT2D eigenvalue weighted by atomic mass is 10.1. The maximum absolute atomic E-state index is 13.1. The van der Waals surface area contributed by atoms with Crippen molar-refractivity contribution in [2.45, 2.75) is 46.7 Å². The first kappa shape index (κ1) is 23.7. The van der Waals surface area contributed by atoms with E-state index in [0.717, 1.165) is 11.1 Å². The molecule has 6 heteroatoms. The van der Waals surface area contributed by atoms with Crippen molar-refractivity contribution in [3.8, 4) is 5.75 Å². The number of nitrogens with zero attached hydrogens (tertiary/aromatic N) is 1. The van der Waals surface area contributed by atoms with Crippen molar-refractivity contribution in [3.63, 3.8) is 0 Å². The third-order valence-electron chi connectivity index (χ3n) is 4.66. The van der Waals surface area contributed by atoms with E-state index in [4.69, 9.17) is 16.3 Å². The Morgan fingerprint density at radius 3 is 2.50 bits per heavy atom. The fourth-order valence-corrected chi connectivity index (χ4v) is 3.31. The number of hydrogen-bond acceptors (Lipinski definition) is 3. The average Bonchev–Trinajstić information content (AvgIpc) is 2.70. The van der Waals surface area contributed by atoms with E-state index in [2.05, 4.69) is 5.32 Å². The van der Waals surface area contributed by atoms with Crippen LogP contribution in [-0.4, -0.2) is 35.9 Å². The van der Waals surface area contributed by atoms with Crippen molar-refractivity contribution in [1.82, 2.24) is 10.2 Å². The smallest absolute Gasteiger partial charge is 0.261 e. The van der Waals surface area contributed by atoms with Gasteiger partial charge in [0.1, 0.15) is 11.8 Å². The highest BCUT2D eigenvalue weighted by Gasteiger charge is 2.29. The molecule has 0 aliphatic carbocycles. The number of hydrogen-bond donors (Lipinski definition) is 1. The molecule has 2 rings (SSSR count). The third kappa shape index (κ3) is 7.38. The summed E-state index contributed by atoms with van der Waals surface area (Å²) in [4.78, 5) is 27.6. The van der Waals surface area contributed by atoms with E-state index in [0.29, 0.717) is 36.2 Å². The average molecular weight is 431 g/mol. The Balaban J connectivity index is 2.19. The number of benzene rings is 2. The third-order valence-corrected chi connectivity index (χ3v) is 4.90. The monoisotopic (exact) mass is 430 g/mol. The molecule has 0 saturated carbocycles. The Labute approximate surface area is 184 Å². The van der Waals surface area contributed by atoms with Gasteiger partial charge >= 0.3 is 0 Å². The number of nitrogens with one attached hydrogen (secondary N) is 1. The predicted molar refractivity (Wildman–Crippen MR) is 121 cm³/mol. The van der Waals surface area contributed by atoms with E-state index in [1.165, 1.54) is 0 Å². The fraction of sp³-hybridized carbons (Fsp3) is 0.417. The topological polar surface area (TPSA) is 58.6 Å². The lowest BCUT2D eigenvalue weighted by molar-refractivity contribution is -0.143. The molecule has 5 nitrogen and oxygen atoms in total. The minimum Gasteiger partial charge on any atom is -0.484 e. The molecule has 2 amide bonds. The summed E-state index contributed by atoms with van der Waals surface area (Å²) in [7, 11) is 0. The van der Waals surface area contributed by atoms with Crippen LogP contribution in [0.3, 0.4) is 0 Å². The van der Waals surface area contributed by atoms with Crippen LogP contribution in [0.2, 0.25) is 5.02 Å². The van der Waals surface area contributed by atoms with Crippen LogP contribution in [0.25, 0.3) is 0 Å². The molecule has 0 spiro atoms. The summed E-state index contributed by atoms with van der Waals surface area (Å²) in [6, 6.07) is 14.3. The maximum atomic E-state index is 13.1. The van der Waals surface area contributed by atoms with E-state index in [1.807, 2.05) is 52.0 Å². The molecule has 30 heavy (non-hydrogen) atoms. The van der Waals surface area contributed by atoms with Crippen LogP contribution in [0.15, 0.2) is 48.5 Å². The molecule has 0 heterocycles. The molecule has 0 aliphatic rings. The van der Waals surface area contributed by atoms with E-state index in [-0.39, 0.29) is 18.4 Å². The Hall–Kier alpha value is -2.53. The minimum atomic E-state index is -0.570. The van der Waals surface area contributed by atoms with E-state index >= 15 is 0 Å². The van der Waals surface area contributed by atoms with Gasteiger partial charge in [-0.15, -0.1) is 0 Å². The molecule has 0 aliphatic heterocycles. The van der Waals surface area contributed by atoms with Gasteiger partial charge in [-0.25, -0.2) is 0 Å². The largest absolute Gasteiger partial charge is 0.484 e. The summed E-state index contributed by atoms with van der Waals surface area (Å²) >= 11 is 5.99. The molecule has 1 atom stereocenters. The summed E-state index contributed by atoms with van der Waals surface area (Å²) in [5.74, 6) is 0.459. The van der Waals surface area contributed by atoms with Crippen LogP contribution < -0.4 is 10.1 Å². The fourth-order valence-electron chi connectivity index (χ4n) is 3.13. The maximum Gasteiger partial charge on any atom is 0.261 e. The number of amides is 2. The Morgan fingerprint density at radius 2 is 1.87 bits per heavy atom. The molecule has 2 aromatic rings. The Kier molecular flexibility index (Phi) is 9.18. The minimum absolute atomic E-state index is 0.144. The van der Waals surface area contributed by atoms with Crippen LogP contribution >= 0.6 is 11.6 Å². The van der Waals surface area contributed by atoms with Crippen molar-refractivity contribution in [3.05, 3.63) is 64.7 Å². The van der Waals surface area contributed by atoms with Crippen molar-refractivity contribution in [2.24, 2.45) is 5.92 Å². The van der Waals surface area contributed by atoms with Crippen LogP contribution in [0.4, 0.5) is 0 Å². The van der Waals surface area contributed by atoms with Gasteiger partial charge in [0.15, 0.2) is 6.61 Å². The van der Waals surface area contributed by atoms with Crippen molar-refractivity contribution >= 4 is 23.4 Å². The second-order valence-electron chi connectivity index (χ2n) is 7.82. The van der Waals surface area contributed by atoms with Crippen LogP contribution in [0, 0.1) is 12.8 Å². The zero-order valence-electron chi connectivity index (χ0n) is 18.2. The van der Waals surface area contributed by atoms with E-state index in [9.17, 15) is 9.59 Å². The van der Waals surface area contributed by atoms with Crippen LogP contribution in [0.5, 0.6) is 5.75 Å². The molecule has 1 N–H and O–H groups in total. The molecule has 0 fully saturated rings. The van der Waals surface area contributed by atoms with Crippen molar-refractivity contribution < 1.29 is 14.3 Å². The van der Waals surface area contributed by atoms with Gasteiger partial charge in [0.05, 0.1) is 0 Å². The molecule has 0 saturated heterocycles. The second-order valence-corrected chi connectivity index (χ2v) is 8.26. The summed E-state index contributed by atoms with van der Waals surface area (Å²) in [6.45, 7) is 8.73. The van der Waals surface area contributed by atoms with Gasteiger partial charge in [-0.3, -0.25) is 9.59 Å². The van der Waals surface area contributed by atoms with Gasteiger partial charge in [0.2, 0.25) is 5.91 Å². The van der Waals surface area contributed by atoms with E-state index < -0.39 is 6.04 Å². The zero-order valence-corrected chi connectivity index (χ0v) is 18.9. The summed E-state index contributed by atoms with van der Waals surface area (Å²) in [5, 5.41) is 3.49. The van der Waals surface area contributed by atoms with Gasteiger partial charge in [0, 0.05) is 18.1 Å². The van der Waals surface area contributed by atoms with Crippen LogP contribution in [-0.2, 0) is 16.1 Å². The molecular weight excluding hydrogens is 400 g/mol. The lowest BCUT2D eigenvalue weighted by Crippen LogP contribution is -2.50. The SMILES string of the molecule is CC[C@@H](C(=O)NCC(C)C)N(Cc1cccc(C)c1)C(=O)COc1cccc(Cl)c1. The zero-order chi connectivity index (χ0) is 22.1. The summed E-state index contributed by atoms with van der Waals surface area (Å²) in [6.07, 6.45) is 0.513. The number of ether oxygens (including phenoxy) is 1. The number of halogens is 1. The molecular formula is C24H31ClN2O3. The van der Waals surface area contributed by atoms with Crippen LogP contribution in [0.1, 0.15) is 38.3 Å². The summed E-state index contributed by atoms with van der Waals surface area (Å²) in [5.41, 5.74) is 2.08. The first-order chi connectivity index (χ1) is 14.3. The number of rotatable bonds is 10. The predicted octanol–water partition coefficient (Wildman–Crippen LogP) is 4.61. The first-order valence-corrected chi connectivity index (χ1v) is 10.7. The Morgan fingerprint density at radius 1 is 1.13 bits per heavy atom. The molecule has 0 aromatic heterocycles. The quantitative estimate of drug-likeness (QED) is 0.598. The molecule has 162 valence electrons. The standard InChI is InChI=1S/C24H31ClN2O3/c1-5-22(24(29)26-14-17(2)3)27(15-19-9-6-8-18(4)12-19)23(28)16-30-21-11-7-10-20(25)13-21/h6-13,17,22H,5,14-16H2,1-4H3,(H,26,29)/t22-/m0/s1. The van der Waals surface area contributed by atoms with Gasteiger partial charge < -0.3 is 15.0 Å². The van der Waals surface area contributed by atoms with Gasteiger partial charge in [-0.05, 0) is 43.0 Å². The van der Waals surface area contributed by atoms with E-state index in [1.54, 1.807) is 29.2 Å². The highest BCUT2D eigenvalue weighted by atomic mass is 35.5. The van der Waals surface area contributed by atoms with Crippen molar-refractivity contribution in [2.75, 3.05) is 13.2 Å².